The number of hydrogen-bond acceptors (Lipinski definition) is 8. The second-order valence-corrected chi connectivity index (χ2v) is 7.73. The summed E-state index contributed by atoms with van der Waals surface area (Å²) in [5.41, 5.74) is 3.03. The molecule has 0 fully saturated rings. The van der Waals surface area contributed by atoms with Gasteiger partial charge in [-0.05, 0) is 29.7 Å². The van der Waals surface area contributed by atoms with Gasteiger partial charge in [-0.2, -0.15) is 0 Å². The number of carboxylic acids is 2. The third kappa shape index (κ3) is 17.0. The Kier molecular flexibility index (Phi) is 18.0. The van der Waals surface area contributed by atoms with Gasteiger partial charge >= 0.3 is 30.4 Å². The van der Waals surface area contributed by atoms with Gasteiger partial charge in [-0.25, -0.2) is 16.2 Å². The van der Waals surface area contributed by atoms with E-state index in [1.54, 1.807) is 0 Å². The maximum absolute atomic E-state index is 11.9. The van der Waals surface area contributed by atoms with E-state index in [0.29, 0.717) is 11.1 Å². The minimum Gasteiger partial charge on any atom is -0.480 e. The number of aliphatic hydroxyl groups is 1. The predicted molar refractivity (Wildman–Crippen MR) is 149 cm³/mol. The Bertz CT molecular complexity index is 1240. The smallest absolute Gasteiger partial charge is 0.386 e. The van der Waals surface area contributed by atoms with Crippen LogP contribution < -0.4 is 5.32 Å². The SMILES string of the molecule is C/C=C/c1ccc(CO)cc1.CC(=O)OC(C(=O)NCC(=O)O)c1ccc(/C=C/C(=O)O)cc1.[C-]#[N+]CC(=O)OC. The molecule has 0 aromatic heterocycles. The molecule has 2 rings (SSSR count). The van der Waals surface area contributed by atoms with Crippen LogP contribution in [0.15, 0.2) is 60.7 Å². The average molecular weight is 569 g/mol. The molecule has 0 saturated carbocycles. The van der Waals surface area contributed by atoms with Crippen LogP contribution >= 0.6 is 0 Å². The Hall–Kier alpha value is -5.28. The summed E-state index contributed by atoms with van der Waals surface area (Å²) >= 11 is 0. The van der Waals surface area contributed by atoms with E-state index in [9.17, 15) is 24.0 Å². The van der Waals surface area contributed by atoms with Crippen molar-refractivity contribution in [2.75, 3.05) is 20.2 Å². The minimum absolute atomic E-state index is 0.121. The Labute approximate surface area is 237 Å². The average Bonchev–Trinajstić information content (AvgIpc) is 2.95. The molecule has 0 aliphatic rings. The molecule has 0 spiro atoms. The highest BCUT2D eigenvalue weighted by Crippen LogP contribution is 2.19. The third-order valence-electron chi connectivity index (χ3n) is 4.55. The fourth-order valence-electron chi connectivity index (χ4n) is 2.70. The van der Waals surface area contributed by atoms with E-state index in [-0.39, 0.29) is 13.2 Å². The number of carbonyl (C=O) groups is 5. The molecule has 0 radical (unpaired) electrons. The molecule has 12 heteroatoms. The maximum atomic E-state index is 11.9. The summed E-state index contributed by atoms with van der Waals surface area (Å²) in [6.45, 7) is 8.62. The molecule has 0 heterocycles. The molecule has 218 valence electrons. The van der Waals surface area contributed by atoms with Crippen molar-refractivity contribution in [3.8, 4) is 0 Å². The lowest BCUT2D eigenvalue weighted by molar-refractivity contribution is -0.154. The summed E-state index contributed by atoms with van der Waals surface area (Å²) in [5.74, 6) is -4.27. The van der Waals surface area contributed by atoms with E-state index in [2.05, 4.69) is 14.9 Å². The van der Waals surface area contributed by atoms with Crippen LogP contribution in [-0.4, -0.2) is 65.3 Å². The highest BCUT2D eigenvalue weighted by atomic mass is 16.5. The Morgan fingerprint density at radius 1 is 0.976 bits per heavy atom. The second kappa shape index (κ2) is 20.7. The number of carbonyl (C=O) groups excluding carboxylic acids is 3. The molecule has 2 aromatic carbocycles. The Morgan fingerprint density at radius 3 is 1.95 bits per heavy atom. The first kappa shape index (κ1) is 35.7. The quantitative estimate of drug-likeness (QED) is 0.189. The standard InChI is InChI=1S/C15H15NO7.C10H12O.C4H5NO2/c1-9(17)23-14(15(22)16-8-13(20)21)11-5-2-10(3-6-11)4-7-12(18)19;1-2-3-9-4-6-10(8-11)7-5-9;1-5-3-4(6)7-2/h2-7,14H,8H2,1H3,(H,16,22)(H,18,19)(H,20,21);2-7,11H,8H2,1H3;3H2,2H3/b7-4+;3-2+;. The summed E-state index contributed by atoms with van der Waals surface area (Å²) in [6.07, 6.45) is 5.05. The van der Waals surface area contributed by atoms with Crippen LogP contribution in [-0.2, 0) is 40.1 Å². The number of nitrogens with one attached hydrogen (secondary N) is 1. The number of hydrogen-bond donors (Lipinski definition) is 4. The summed E-state index contributed by atoms with van der Waals surface area (Å²) < 4.78 is 9.05. The van der Waals surface area contributed by atoms with Crippen LogP contribution in [0.1, 0.15) is 42.2 Å². The molecule has 1 unspecified atom stereocenters. The number of esters is 2. The Balaban J connectivity index is 0.000000728. The number of rotatable bonds is 10. The lowest BCUT2D eigenvalue weighted by atomic mass is 10.1. The van der Waals surface area contributed by atoms with E-state index in [4.69, 9.17) is 26.6 Å². The molecule has 1 amide bonds. The number of aliphatic carboxylic acids is 2. The van der Waals surface area contributed by atoms with Gasteiger partial charge in [-0.15, -0.1) is 0 Å². The van der Waals surface area contributed by atoms with Crippen LogP contribution in [0.3, 0.4) is 0 Å². The first-order valence-corrected chi connectivity index (χ1v) is 11.9. The molecule has 0 aliphatic carbocycles. The van der Waals surface area contributed by atoms with E-state index in [0.717, 1.165) is 18.6 Å². The van der Waals surface area contributed by atoms with Crippen molar-refractivity contribution in [3.05, 3.63) is 94.4 Å². The van der Waals surface area contributed by atoms with Crippen LogP contribution in [0.25, 0.3) is 17.0 Å². The molecule has 0 aliphatic heterocycles. The summed E-state index contributed by atoms with van der Waals surface area (Å²) in [7, 11) is 1.26. The van der Waals surface area contributed by atoms with Crippen LogP contribution in [0.4, 0.5) is 0 Å². The van der Waals surface area contributed by atoms with Crippen molar-refractivity contribution >= 4 is 41.9 Å². The third-order valence-corrected chi connectivity index (χ3v) is 4.55. The summed E-state index contributed by atoms with van der Waals surface area (Å²) in [6, 6.07) is 13.9. The number of carboxylic acid groups (broad SMARTS) is 2. The normalized spacial score (nSPS) is 10.6. The summed E-state index contributed by atoms with van der Waals surface area (Å²) in [4.78, 5) is 56.7. The van der Waals surface area contributed by atoms with Crippen LogP contribution in [0, 0.1) is 6.57 Å². The predicted octanol–water partition coefficient (Wildman–Crippen LogP) is 2.88. The number of nitrogens with zero attached hydrogens (tertiary/aromatic N) is 1. The van der Waals surface area contributed by atoms with Crippen LogP contribution in [0.2, 0.25) is 0 Å². The largest absolute Gasteiger partial charge is 0.480 e. The lowest BCUT2D eigenvalue weighted by Gasteiger charge is -2.16. The zero-order valence-corrected chi connectivity index (χ0v) is 22.8. The van der Waals surface area contributed by atoms with Gasteiger partial charge in [0.2, 0.25) is 6.10 Å². The summed E-state index contributed by atoms with van der Waals surface area (Å²) in [5, 5.41) is 28.0. The molecule has 4 N–H and O–H groups in total. The fourth-order valence-corrected chi connectivity index (χ4v) is 2.70. The number of benzene rings is 2. The number of allylic oxidation sites excluding steroid dienone is 1. The maximum Gasteiger partial charge on any atom is 0.386 e. The van der Waals surface area contributed by atoms with Crippen LogP contribution in [0.5, 0.6) is 0 Å². The van der Waals surface area contributed by atoms with Gasteiger partial charge in [0.15, 0.2) is 0 Å². The van der Waals surface area contributed by atoms with Crippen molar-refractivity contribution in [1.82, 2.24) is 5.32 Å². The lowest BCUT2D eigenvalue weighted by Crippen LogP contribution is -2.35. The molecule has 2 aromatic rings. The van der Waals surface area contributed by atoms with Gasteiger partial charge in [0.25, 0.3) is 5.91 Å². The van der Waals surface area contributed by atoms with E-state index >= 15 is 0 Å². The molecule has 0 bridgehead atoms. The number of ether oxygens (including phenoxy) is 2. The highest BCUT2D eigenvalue weighted by Gasteiger charge is 2.24. The zero-order chi connectivity index (χ0) is 31.2. The van der Waals surface area contributed by atoms with Gasteiger partial charge in [-0.3, -0.25) is 14.4 Å². The van der Waals surface area contributed by atoms with Gasteiger partial charge in [0.1, 0.15) is 6.54 Å². The number of methoxy groups -OCH3 is 1. The van der Waals surface area contributed by atoms with E-state index < -0.39 is 42.4 Å². The highest BCUT2D eigenvalue weighted by molar-refractivity contribution is 5.87. The molecule has 12 nitrogen and oxygen atoms in total. The molecule has 0 saturated heterocycles. The van der Waals surface area contributed by atoms with Gasteiger partial charge in [0, 0.05) is 18.6 Å². The zero-order valence-electron chi connectivity index (χ0n) is 22.8. The fraction of sp³-hybridized carbons (Fsp3) is 0.241. The van der Waals surface area contributed by atoms with E-state index in [1.165, 1.54) is 43.0 Å². The number of aliphatic hydroxyl groups excluding tert-OH is 1. The van der Waals surface area contributed by atoms with Crippen molar-refractivity contribution < 1.29 is 48.8 Å². The second-order valence-electron chi connectivity index (χ2n) is 7.73. The number of amides is 1. The monoisotopic (exact) mass is 568 g/mol. The van der Waals surface area contributed by atoms with Crippen molar-refractivity contribution in [2.45, 2.75) is 26.6 Å². The Morgan fingerprint density at radius 2 is 1.54 bits per heavy atom. The van der Waals surface area contributed by atoms with Crippen molar-refractivity contribution in [3.63, 3.8) is 0 Å². The molecule has 41 heavy (non-hydrogen) atoms. The first-order valence-electron chi connectivity index (χ1n) is 11.9. The topological polar surface area (TPSA) is 181 Å². The van der Waals surface area contributed by atoms with E-state index in [1.807, 2.05) is 43.3 Å². The molecular formula is C29H32N2O10. The molecular weight excluding hydrogens is 536 g/mol. The minimum atomic E-state index is -1.29. The van der Waals surface area contributed by atoms with Gasteiger partial charge in [-0.1, -0.05) is 60.7 Å². The molecule has 1 atom stereocenters. The first-order chi connectivity index (χ1) is 19.5. The van der Waals surface area contributed by atoms with Crippen molar-refractivity contribution in [1.29, 1.82) is 0 Å². The van der Waals surface area contributed by atoms with Gasteiger partial charge < -0.3 is 35.0 Å². The van der Waals surface area contributed by atoms with Crippen molar-refractivity contribution in [2.24, 2.45) is 0 Å². The van der Waals surface area contributed by atoms with Gasteiger partial charge in [0.05, 0.1) is 13.7 Å².